The molecule has 4 aliphatic rings. The molecule has 0 amide bonds. The number of aromatic nitrogens is 1. The molecule has 1 heterocycles. The maximum Gasteiger partial charge on any atom is 0.312 e. The van der Waals surface area contributed by atoms with Gasteiger partial charge in [-0.25, -0.2) is 0 Å². The Morgan fingerprint density at radius 1 is 0.755 bits per heavy atom. The summed E-state index contributed by atoms with van der Waals surface area (Å²) in [5, 5.41) is -0.300. The summed E-state index contributed by atoms with van der Waals surface area (Å²) in [6.45, 7) is 12.3. The third kappa shape index (κ3) is 7.40. The Labute approximate surface area is 295 Å². The predicted molar refractivity (Wildman–Crippen MR) is 196 cm³/mol. The Kier molecular flexibility index (Phi) is 9.92. The summed E-state index contributed by atoms with van der Waals surface area (Å²) in [5.74, 6) is 1.65. The monoisotopic (exact) mass is 660 g/mol. The van der Waals surface area contributed by atoms with Crippen LogP contribution in [-0.2, 0) is 30.0 Å². The van der Waals surface area contributed by atoms with Gasteiger partial charge in [-0.1, -0.05) is 93.3 Å². The van der Waals surface area contributed by atoms with E-state index in [0.717, 1.165) is 42.5 Å². The lowest BCUT2D eigenvalue weighted by molar-refractivity contribution is -0.196. The third-order valence-corrected chi connectivity index (χ3v) is 12.6. The molecule has 0 aliphatic heterocycles. The molecule has 4 saturated carbocycles. The van der Waals surface area contributed by atoms with E-state index in [1.165, 1.54) is 19.3 Å². The molecule has 5 nitrogen and oxygen atoms in total. The molecular formula is C43H55BNO4. The van der Waals surface area contributed by atoms with E-state index in [9.17, 15) is 9.59 Å². The zero-order chi connectivity index (χ0) is 34.9. The molecule has 2 atom stereocenters. The molecule has 4 aliphatic carbocycles. The lowest BCUT2D eigenvalue weighted by Gasteiger charge is -2.56. The number of hydrogen-bond donors (Lipinski definition) is 0. The van der Waals surface area contributed by atoms with Crippen LogP contribution in [-0.4, -0.2) is 29.8 Å². The molecule has 0 N–H and O–H groups in total. The van der Waals surface area contributed by atoms with Crippen LogP contribution in [0.1, 0.15) is 116 Å². The van der Waals surface area contributed by atoms with Gasteiger partial charge in [0.1, 0.15) is 12.9 Å². The fourth-order valence-electron chi connectivity index (χ4n) is 9.16. The molecule has 4 fully saturated rings. The van der Waals surface area contributed by atoms with Crippen molar-refractivity contribution in [1.82, 2.24) is 4.98 Å². The van der Waals surface area contributed by atoms with E-state index in [1.807, 2.05) is 99.8 Å². The molecule has 1 radical (unpaired) electrons. The van der Waals surface area contributed by atoms with Gasteiger partial charge in [0.25, 0.3) is 0 Å². The van der Waals surface area contributed by atoms with Crippen molar-refractivity contribution in [3.05, 3.63) is 102 Å². The van der Waals surface area contributed by atoms with Crippen molar-refractivity contribution in [2.75, 3.05) is 0 Å². The number of hydrogen-bond acceptors (Lipinski definition) is 5. The van der Waals surface area contributed by atoms with E-state index >= 15 is 0 Å². The lowest BCUT2D eigenvalue weighted by Crippen LogP contribution is -2.54. The Bertz CT molecular complexity index is 1520. The topological polar surface area (TPSA) is 65.5 Å². The van der Waals surface area contributed by atoms with Crippen LogP contribution < -0.4 is 0 Å². The second-order valence-corrected chi connectivity index (χ2v) is 17.0. The average Bonchev–Trinajstić information content (AvgIpc) is 3.10. The van der Waals surface area contributed by atoms with Gasteiger partial charge in [0.05, 0.1) is 10.8 Å². The number of carbonyl (C=O) groups excluding carboxylic acids is 2. The van der Waals surface area contributed by atoms with Crippen molar-refractivity contribution >= 4 is 19.2 Å². The minimum absolute atomic E-state index is 0.118. The number of rotatable bonds is 14. The first kappa shape index (κ1) is 35.4. The van der Waals surface area contributed by atoms with Crippen LogP contribution in [0.2, 0.25) is 6.32 Å². The van der Waals surface area contributed by atoms with Crippen LogP contribution in [0.4, 0.5) is 0 Å². The van der Waals surface area contributed by atoms with Gasteiger partial charge in [0.15, 0.2) is 5.60 Å². The summed E-state index contributed by atoms with van der Waals surface area (Å²) < 4.78 is 13.3. The highest BCUT2D eigenvalue weighted by Gasteiger charge is 2.55. The Hall–Kier alpha value is -3.41. The molecule has 2 aromatic carbocycles. The van der Waals surface area contributed by atoms with Crippen molar-refractivity contribution < 1.29 is 19.1 Å². The number of ether oxygens (including phenoxy) is 2. The van der Waals surface area contributed by atoms with Gasteiger partial charge < -0.3 is 9.47 Å². The molecule has 0 saturated heterocycles. The van der Waals surface area contributed by atoms with Gasteiger partial charge in [0.2, 0.25) is 0 Å². The van der Waals surface area contributed by atoms with Crippen LogP contribution in [0, 0.1) is 28.6 Å². The highest BCUT2D eigenvalue weighted by molar-refractivity contribution is 6.40. The lowest BCUT2D eigenvalue weighted by atomic mass is 9.44. The van der Waals surface area contributed by atoms with Crippen LogP contribution >= 0.6 is 0 Å². The van der Waals surface area contributed by atoms with Crippen molar-refractivity contribution in [3.63, 3.8) is 0 Å². The summed E-state index contributed by atoms with van der Waals surface area (Å²) in [7, 11) is 2.28. The van der Waals surface area contributed by atoms with E-state index in [-0.39, 0.29) is 22.9 Å². The highest BCUT2D eigenvalue weighted by Crippen LogP contribution is 2.58. The normalized spacial score (nSPS) is 25.6. The van der Waals surface area contributed by atoms with Crippen LogP contribution in [0.15, 0.2) is 85.1 Å². The minimum Gasteiger partial charge on any atom is -0.459 e. The second kappa shape index (κ2) is 13.7. The fourth-order valence-corrected chi connectivity index (χ4v) is 9.16. The van der Waals surface area contributed by atoms with Crippen LogP contribution in [0.5, 0.6) is 0 Å². The number of pyridine rings is 1. The number of esters is 2. The number of benzene rings is 2. The van der Waals surface area contributed by atoms with Gasteiger partial charge in [-0.2, -0.15) is 0 Å². The molecule has 1 aromatic heterocycles. The number of carbonyl (C=O) groups is 2. The molecule has 3 aromatic rings. The maximum absolute atomic E-state index is 14.6. The molecule has 49 heavy (non-hydrogen) atoms. The van der Waals surface area contributed by atoms with Gasteiger partial charge in [-0.3, -0.25) is 14.6 Å². The highest BCUT2D eigenvalue weighted by atomic mass is 16.6. The van der Waals surface area contributed by atoms with E-state index in [0.29, 0.717) is 36.9 Å². The summed E-state index contributed by atoms with van der Waals surface area (Å²) in [4.78, 5) is 33.5. The molecule has 4 bridgehead atoms. The van der Waals surface area contributed by atoms with E-state index in [2.05, 4.69) is 34.1 Å². The molecule has 2 unspecified atom stereocenters. The van der Waals surface area contributed by atoms with E-state index in [1.54, 1.807) is 0 Å². The SMILES string of the molecule is CCC(C)([B]CC(C)(CCC(C)(C)C(=O)OC(C)(c1ccccc1)c1ccccc1)C(=O)OC12CC3CC(CC(C3)C1)C2)c1ccccn1. The average molecular weight is 661 g/mol. The van der Waals surface area contributed by atoms with Gasteiger partial charge in [-0.05, 0) is 125 Å². The van der Waals surface area contributed by atoms with Gasteiger partial charge >= 0.3 is 11.9 Å². The second-order valence-electron chi connectivity index (χ2n) is 17.0. The standard InChI is InChI=1S/C43H55BNO4/c1-7-41(5,36-20-14-15-23-45-36)44-30-40(4,38(47)49-43-27-31-24-32(28-43)26-33(25-31)29-43)22-21-39(2,3)37(46)48-42(6,34-16-10-8-11-17-34)35-18-12-9-13-19-35/h8-20,23,31-33H,7,21-22,24-30H2,1-6H3. The first-order chi connectivity index (χ1) is 23.3. The first-order valence-electron chi connectivity index (χ1n) is 18.6. The number of nitrogens with zero attached hydrogens (tertiary/aromatic N) is 1. The molecule has 7 rings (SSSR count). The van der Waals surface area contributed by atoms with Gasteiger partial charge in [-0.15, -0.1) is 0 Å². The summed E-state index contributed by atoms with van der Waals surface area (Å²) >= 11 is 0. The van der Waals surface area contributed by atoms with Crippen molar-refractivity contribution in [1.29, 1.82) is 0 Å². The zero-order valence-electron chi connectivity index (χ0n) is 30.5. The molecule has 6 heteroatoms. The van der Waals surface area contributed by atoms with Crippen molar-refractivity contribution in [3.8, 4) is 0 Å². The van der Waals surface area contributed by atoms with E-state index < -0.39 is 16.4 Å². The minimum atomic E-state index is -0.961. The fraction of sp³-hybridized carbons (Fsp3) is 0.558. The van der Waals surface area contributed by atoms with Crippen LogP contribution in [0.3, 0.4) is 0 Å². The quantitative estimate of drug-likeness (QED) is 0.127. The summed E-state index contributed by atoms with van der Waals surface area (Å²) in [6, 6.07) is 25.9. The van der Waals surface area contributed by atoms with Crippen molar-refractivity contribution in [2.24, 2.45) is 28.6 Å². The molecule has 0 spiro atoms. The smallest absolute Gasteiger partial charge is 0.312 e. The Morgan fingerprint density at radius 3 is 1.78 bits per heavy atom. The zero-order valence-corrected chi connectivity index (χ0v) is 30.5. The summed E-state index contributed by atoms with van der Waals surface area (Å²) in [6.07, 6.45) is 11.1. The van der Waals surface area contributed by atoms with Crippen molar-refractivity contribution in [2.45, 2.75) is 122 Å². The molecular weight excluding hydrogens is 605 g/mol. The Balaban J connectivity index is 1.23. The van der Waals surface area contributed by atoms with E-state index in [4.69, 9.17) is 14.5 Å². The van der Waals surface area contributed by atoms with Gasteiger partial charge in [0, 0.05) is 11.9 Å². The molecule has 259 valence electrons. The third-order valence-electron chi connectivity index (χ3n) is 12.6. The Morgan fingerprint density at radius 2 is 1.29 bits per heavy atom. The summed E-state index contributed by atoms with van der Waals surface area (Å²) in [5.41, 5.74) is -0.120. The predicted octanol–water partition coefficient (Wildman–Crippen LogP) is 9.66. The van der Waals surface area contributed by atoms with Crippen LogP contribution in [0.25, 0.3) is 0 Å². The maximum atomic E-state index is 14.6. The first-order valence-corrected chi connectivity index (χ1v) is 18.6. The largest absolute Gasteiger partial charge is 0.459 e.